The summed E-state index contributed by atoms with van der Waals surface area (Å²) in [4.78, 5) is 0. The molecule has 0 saturated carbocycles. The maximum atomic E-state index is 6.70. The summed E-state index contributed by atoms with van der Waals surface area (Å²) in [6.45, 7) is 10.3. The summed E-state index contributed by atoms with van der Waals surface area (Å²) >= 11 is 6.70. The molecule has 0 heterocycles. The second-order valence-electron chi connectivity index (χ2n) is 6.55. The number of hydrogen-bond donors (Lipinski definition) is 0. The van der Waals surface area contributed by atoms with Crippen LogP contribution in [-0.4, -0.2) is 0 Å². The molecular weight excluding hydrogens is 348 g/mol. The molecule has 0 radical (unpaired) electrons. The molecule has 2 aromatic rings. The lowest BCUT2D eigenvalue weighted by Crippen LogP contribution is -2.29. The van der Waals surface area contributed by atoms with Crippen LogP contribution < -0.4 is 0 Å². The van der Waals surface area contributed by atoms with Crippen molar-refractivity contribution in [3.63, 3.8) is 0 Å². The Hall–Kier alpha value is -2.57. The van der Waals surface area contributed by atoms with E-state index >= 15 is 0 Å². The Morgan fingerprint density at radius 3 is 2.30 bits per heavy atom. The van der Waals surface area contributed by atoms with Gasteiger partial charge >= 0.3 is 0 Å². The molecular formula is C26H25Cl. The molecule has 1 aliphatic rings. The van der Waals surface area contributed by atoms with E-state index in [-0.39, 0.29) is 0 Å². The summed E-state index contributed by atoms with van der Waals surface area (Å²) in [7, 11) is 0. The molecule has 0 nitrogen and oxygen atoms in total. The van der Waals surface area contributed by atoms with E-state index in [1.54, 1.807) is 0 Å². The second-order valence-corrected chi connectivity index (χ2v) is 6.96. The van der Waals surface area contributed by atoms with Gasteiger partial charge in [-0.25, -0.2) is 0 Å². The first-order chi connectivity index (χ1) is 13.2. The van der Waals surface area contributed by atoms with Crippen molar-refractivity contribution in [1.29, 1.82) is 0 Å². The average molecular weight is 373 g/mol. The van der Waals surface area contributed by atoms with E-state index in [0.29, 0.717) is 0 Å². The molecule has 0 N–H and O–H groups in total. The molecule has 0 amide bonds. The number of rotatable bonds is 5. The summed E-state index contributed by atoms with van der Waals surface area (Å²) in [5, 5.41) is 0.762. The van der Waals surface area contributed by atoms with Crippen molar-refractivity contribution in [3.05, 3.63) is 124 Å². The average Bonchev–Trinajstić information content (AvgIpc) is 2.98. The minimum absolute atomic E-state index is 0.418. The number of hydrogen-bond acceptors (Lipinski definition) is 0. The summed E-state index contributed by atoms with van der Waals surface area (Å²) in [5.74, 6) is 0. The summed E-state index contributed by atoms with van der Waals surface area (Å²) in [6.07, 6.45) is 12.7. The fourth-order valence-electron chi connectivity index (χ4n) is 4.28. The molecule has 0 aromatic heterocycles. The Morgan fingerprint density at radius 1 is 0.963 bits per heavy atom. The van der Waals surface area contributed by atoms with Gasteiger partial charge in [-0.1, -0.05) is 97.1 Å². The number of benzene rings is 2. The van der Waals surface area contributed by atoms with Crippen LogP contribution >= 0.6 is 11.6 Å². The molecule has 0 aliphatic heterocycles. The van der Waals surface area contributed by atoms with E-state index < -0.39 is 5.41 Å². The Bertz CT molecular complexity index is 971. The van der Waals surface area contributed by atoms with Gasteiger partial charge in [0.1, 0.15) is 0 Å². The standard InChI is InChI=1S/C26H25Cl/c1-5-13-19(7-3)26(20-15-10-9-11-16-20)22(14-6-2)21(8-4)25-23(26)17-12-18-24(25)27/h5-18H,4H2,1-3H3/b13-5-,14-6-,19-7+. The van der Waals surface area contributed by atoms with E-state index in [9.17, 15) is 0 Å². The van der Waals surface area contributed by atoms with Crippen LogP contribution in [0, 0.1) is 0 Å². The predicted octanol–water partition coefficient (Wildman–Crippen LogP) is 7.68. The maximum absolute atomic E-state index is 6.70. The Morgan fingerprint density at radius 2 is 1.70 bits per heavy atom. The topological polar surface area (TPSA) is 0 Å². The van der Waals surface area contributed by atoms with Crippen molar-refractivity contribution in [2.24, 2.45) is 0 Å². The van der Waals surface area contributed by atoms with Gasteiger partial charge in [-0.15, -0.1) is 0 Å². The third kappa shape index (κ3) is 2.85. The van der Waals surface area contributed by atoms with Crippen molar-refractivity contribution in [3.8, 4) is 0 Å². The lowest BCUT2D eigenvalue weighted by Gasteiger charge is -2.35. The van der Waals surface area contributed by atoms with E-state index in [0.717, 1.165) is 16.2 Å². The number of allylic oxidation sites excluding steroid dienone is 9. The molecule has 0 fully saturated rings. The van der Waals surface area contributed by atoms with Crippen molar-refractivity contribution in [2.45, 2.75) is 26.2 Å². The molecule has 1 atom stereocenters. The fraction of sp³-hybridized carbons (Fsp3) is 0.154. The third-order valence-corrected chi connectivity index (χ3v) is 5.53. The van der Waals surface area contributed by atoms with Crippen LogP contribution in [-0.2, 0) is 5.41 Å². The van der Waals surface area contributed by atoms with Crippen LogP contribution in [0.5, 0.6) is 0 Å². The maximum Gasteiger partial charge on any atom is 0.0710 e. The monoisotopic (exact) mass is 372 g/mol. The minimum atomic E-state index is -0.418. The molecule has 136 valence electrons. The van der Waals surface area contributed by atoms with E-state index in [4.69, 9.17) is 11.6 Å². The lowest BCUT2D eigenvalue weighted by atomic mass is 9.66. The van der Waals surface area contributed by atoms with E-state index in [2.05, 4.69) is 94.1 Å². The zero-order valence-electron chi connectivity index (χ0n) is 16.2. The predicted molar refractivity (Wildman–Crippen MR) is 119 cm³/mol. The van der Waals surface area contributed by atoms with Gasteiger partial charge in [0.25, 0.3) is 0 Å². The number of halogens is 1. The quantitative estimate of drug-likeness (QED) is 0.472. The molecule has 1 unspecified atom stereocenters. The van der Waals surface area contributed by atoms with Gasteiger partial charge in [-0.2, -0.15) is 0 Å². The first-order valence-electron chi connectivity index (χ1n) is 9.31. The molecule has 3 rings (SSSR count). The van der Waals surface area contributed by atoms with Crippen molar-refractivity contribution >= 4 is 17.2 Å². The molecule has 27 heavy (non-hydrogen) atoms. The van der Waals surface area contributed by atoms with Gasteiger partial charge < -0.3 is 0 Å². The molecule has 1 heteroatoms. The number of fused-ring (bicyclic) bond motifs is 1. The highest BCUT2D eigenvalue weighted by Crippen LogP contribution is 2.57. The Labute approximate surface area is 167 Å². The Balaban J connectivity index is 2.58. The van der Waals surface area contributed by atoms with Gasteiger partial charge in [0.2, 0.25) is 0 Å². The lowest BCUT2D eigenvalue weighted by molar-refractivity contribution is 0.757. The van der Waals surface area contributed by atoms with Crippen molar-refractivity contribution in [1.82, 2.24) is 0 Å². The van der Waals surface area contributed by atoms with Gasteiger partial charge in [0, 0.05) is 10.6 Å². The molecule has 0 bridgehead atoms. The molecule has 0 saturated heterocycles. The second kappa shape index (κ2) is 7.98. The Kier molecular flexibility index (Phi) is 5.68. The molecule has 1 aliphatic carbocycles. The SMILES string of the molecule is C=CC1=C(/C=C\C)C(C(/C=C\C)=C/C)(c2ccccc2)c2cccc(Cl)c21. The third-order valence-electron chi connectivity index (χ3n) is 5.22. The van der Waals surface area contributed by atoms with Gasteiger partial charge in [0.15, 0.2) is 0 Å². The minimum Gasteiger partial charge on any atom is -0.0984 e. The van der Waals surface area contributed by atoms with Gasteiger partial charge in [-0.3, -0.25) is 0 Å². The fourth-order valence-corrected chi connectivity index (χ4v) is 4.56. The van der Waals surface area contributed by atoms with Gasteiger partial charge in [0.05, 0.1) is 5.41 Å². The summed E-state index contributed by atoms with van der Waals surface area (Å²) in [5.41, 5.74) is 6.63. The largest absolute Gasteiger partial charge is 0.0984 e. The summed E-state index contributed by atoms with van der Waals surface area (Å²) < 4.78 is 0. The first kappa shape index (κ1) is 19.2. The highest BCUT2D eigenvalue weighted by molar-refractivity contribution is 6.33. The van der Waals surface area contributed by atoms with E-state index in [1.165, 1.54) is 22.3 Å². The highest BCUT2D eigenvalue weighted by atomic mass is 35.5. The van der Waals surface area contributed by atoms with Crippen molar-refractivity contribution < 1.29 is 0 Å². The van der Waals surface area contributed by atoms with Crippen LogP contribution in [0.15, 0.2) is 103 Å². The van der Waals surface area contributed by atoms with Crippen LogP contribution in [0.4, 0.5) is 0 Å². The zero-order valence-corrected chi connectivity index (χ0v) is 16.9. The normalized spacial score (nSPS) is 19.9. The van der Waals surface area contributed by atoms with E-state index in [1.807, 2.05) is 18.2 Å². The summed E-state index contributed by atoms with van der Waals surface area (Å²) in [6, 6.07) is 16.9. The van der Waals surface area contributed by atoms with Crippen LogP contribution in [0.2, 0.25) is 5.02 Å². The van der Waals surface area contributed by atoms with Crippen LogP contribution in [0.3, 0.4) is 0 Å². The van der Waals surface area contributed by atoms with Gasteiger partial charge in [-0.05, 0) is 54.7 Å². The zero-order chi connectivity index (χ0) is 19.4. The highest BCUT2D eigenvalue weighted by Gasteiger charge is 2.47. The smallest absolute Gasteiger partial charge is 0.0710 e. The molecule has 0 spiro atoms. The van der Waals surface area contributed by atoms with Crippen LogP contribution in [0.25, 0.3) is 5.57 Å². The molecule has 2 aromatic carbocycles. The van der Waals surface area contributed by atoms with Crippen molar-refractivity contribution in [2.75, 3.05) is 0 Å². The van der Waals surface area contributed by atoms with Crippen LogP contribution in [0.1, 0.15) is 37.5 Å². The first-order valence-corrected chi connectivity index (χ1v) is 9.68.